The molecule has 27 heavy (non-hydrogen) atoms. The summed E-state index contributed by atoms with van der Waals surface area (Å²) in [6.07, 6.45) is 2.42. The van der Waals surface area contributed by atoms with Crippen LogP contribution in [0.1, 0.15) is 30.2 Å². The molecule has 0 saturated carbocycles. The van der Waals surface area contributed by atoms with E-state index in [4.69, 9.17) is 0 Å². The summed E-state index contributed by atoms with van der Waals surface area (Å²) in [5.74, 6) is -0.174. The van der Waals surface area contributed by atoms with Crippen molar-refractivity contribution >= 4 is 0 Å². The van der Waals surface area contributed by atoms with E-state index < -0.39 is 0 Å². The molecule has 2 N–H and O–H groups in total. The average molecular weight is 367 g/mol. The van der Waals surface area contributed by atoms with E-state index >= 15 is 0 Å². The standard InChI is InChI=1S/C23H27FN2O/c1-2-22(27)18-25(15-19-9-4-3-5-10-19)17-21-12-8-14-26(21)16-20-11-6-7-13-23(20)24/h3-14,22,27H,2,15-18H2,1H3/p+1/t22-/m1/s1. The van der Waals surface area contributed by atoms with E-state index in [2.05, 4.69) is 22.8 Å². The minimum atomic E-state index is -0.321. The largest absolute Gasteiger partial charge is 0.387 e. The number of aliphatic hydroxyl groups is 1. The third kappa shape index (κ3) is 5.52. The third-order valence-electron chi connectivity index (χ3n) is 4.95. The fourth-order valence-electron chi connectivity index (χ4n) is 3.40. The lowest BCUT2D eigenvalue weighted by Gasteiger charge is -2.23. The van der Waals surface area contributed by atoms with Crippen molar-refractivity contribution in [3.63, 3.8) is 0 Å². The molecule has 3 rings (SSSR count). The lowest BCUT2D eigenvalue weighted by Crippen LogP contribution is -3.10. The molecule has 1 heterocycles. The molecule has 0 bridgehead atoms. The van der Waals surface area contributed by atoms with Crippen molar-refractivity contribution in [2.45, 2.75) is 39.1 Å². The van der Waals surface area contributed by atoms with E-state index in [0.29, 0.717) is 18.7 Å². The summed E-state index contributed by atoms with van der Waals surface area (Å²) in [5.41, 5.74) is 3.09. The first-order chi connectivity index (χ1) is 13.2. The highest BCUT2D eigenvalue weighted by atomic mass is 19.1. The molecule has 2 aromatic carbocycles. The highest BCUT2D eigenvalue weighted by Crippen LogP contribution is 2.11. The van der Waals surface area contributed by atoms with Crippen LogP contribution in [-0.2, 0) is 19.6 Å². The number of nitrogens with one attached hydrogen (secondary N) is 1. The Morgan fingerprint density at radius 1 is 0.963 bits per heavy atom. The van der Waals surface area contributed by atoms with E-state index in [-0.39, 0.29) is 11.9 Å². The zero-order valence-electron chi connectivity index (χ0n) is 15.8. The third-order valence-corrected chi connectivity index (χ3v) is 4.95. The van der Waals surface area contributed by atoms with Crippen LogP contribution in [0.5, 0.6) is 0 Å². The molecule has 1 unspecified atom stereocenters. The summed E-state index contributed by atoms with van der Waals surface area (Å²) < 4.78 is 16.1. The first-order valence-corrected chi connectivity index (χ1v) is 9.58. The molecule has 0 aliphatic carbocycles. The molecule has 0 aliphatic heterocycles. The van der Waals surface area contributed by atoms with Crippen LogP contribution in [-0.4, -0.2) is 22.3 Å². The van der Waals surface area contributed by atoms with E-state index in [1.807, 2.05) is 49.5 Å². The van der Waals surface area contributed by atoms with E-state index in [9.17, 15) is 9.50 Å². The quantitative estimate of drug-likeness (QED) is 0.598. The number of aliphatic hydroxyl groups excluding tert-OH is 1. The number of quaternary nitrogens is 1. The normalized spacial score (nSPS) is 13.4. The van der Waals surface area contributed by atoms with E-state index in [1.54, 1.807) is 6.07 Å². The Balaban J connectivity index is 1.75. The minimum Gasteiger partial charge on any atom is -0.387 e. The summed E-state index contributed by atoms with van der Waals surface area (Å²) in [7, 11) is 0. The number of nitrogens with zero attached hydrogens (tertiary/aromatic N) is 1. The maximum atomic E-state index is 14.0. The molecule has 3 aromatic rings. The van der Waals surface area contributed by atoms with Gasteiger partial charge in [-0.25, -0.2) is 4.39 Å². The predicted octanol–water partition coefficient (Wildman–Crippen LogP) is 3.03. The first kappa shape index (κ1) is 19.3. The van der Waals surface area contributed by atoms with Crippen LogP contribution in [0.3, 0.4) is 0 Å². The molecule has 0 radical (unpaired) electrons. The smallest absolute Gasteiger partial charge is 0.128 e. The fourth-order valence-corrected chi connectivity index (χ4v) is 3.40. The van der Waals surface area contributed by atoms with Gasteiger partial charge < -0.3 is 14.6 Å². The van der Waals surface area contributed by atoms with Crippen molar-refractivity contribution < 1.29 is 14.4 Å². The molecule has 0 spiro atoms. The molecule has 0 saturated heterocycles. The van der Waals surface area contributed by atoms with Gasteiger partial charge in [-0.15, -0.1) is 0 Å². The average Bonchev–Trinajstić information content (AvgIpc) is 3.11. The van der Waals surface area contributed by atoms with Gasteiger partial charge in [0, 0.05) is 17.3 Å². The molecular weight excluding hydrogens is 339 g/mol. The van der Waals surface area contributed by atoms with Crippen molar-refractivity contribution in [2.75, 3.05) is 6.54 Å². The van der Waals surface area contributed by atoms with Crippen LogP contribution < -0.4 is 4.90 Å². The summed E-state index contributed by atoms with van der Waals surface area (Å²) >= 11 is 0. The highest BCUT2D eigenvalue weighted by Gasteiger charge is 2.17. The van der Waals surface area contributed by atoms with Gasteiger partial charge in [0.05, 0.1) is 12.2 Å². The van der Waals surface area contributed by atoms with Crippen LogP contribution in [0.15, 0.2) is 72.9 Å². The van der Waals surface area contributed by atoms with E-state index in [0.717, 1.165) is 25.2 Å². The zero-order valence-corrected chi connectivity index (χ0v) is 15.8. The second-order valence-corrected chi connectivity index (χ2v) is 7.07. The number of halogens is 1. The number of benzene rings is 2. The van der Waals surface area contributed by atoms with Crippen molar-refractivity contribution in [3.05, 3.63) is 95.6 Å². The summed E-state index contributed by atoms with van der Waals surface area (Å²) in [6.45, 7) is 4.85. The Kier molecular flexibility index (Phi) is 6.80. The molecule has 1 aromatic heterocycles. The van der Waals surface area contributed by atoms with Gasteiger partial charge >= 0.3 is 0 Å². The van der Waals surface area contributed by atoms with Gasteiger partial charge in [0.15, 0.2) is 0 Å². The summed E-state index contributed by atoms with van der Waals surface area (Å²) in [6, 6.07) is 21.4. The topological polar surface area (TPSA) is 29.6 Å². The minimum absolute atomic E-state index is 0.174. The van der Waals surface area contributed by atoms with E-state index in [1.165, 1.54) is 16.5 Å². The molecule has 142 valence electrons. The highest BCUT2D eigenvalue weighted by molar-refractivity contribution is 5.19. The monoisotopic (exact) mass is 367 g/mol. The molecule has 3 nitrogen and oxygen atoms in total. The maximum Gasteiger partial charge on any atom is 0.128 e. The van der Waals surface area contributed by atoms with Gasteiger partial charge in [-0.05, 0) is 24.6 Å². The Morgan fingerprint density at radius 2 is 1.70 bits per heavy atom. The maximum absolute atomic E-state index is 14.0. The van der Waals surface area contributed by atoms with Gasteiger partial charge in [-0.1, -0.05) is 55.5 Å². The Labute approximate surface area is 160 Å². The Morgan fingerprint density at radius 3 is 2.44 bits per heavy atom. The van der Waals surface area contributed by atoms with Gasteiger partial charge in [0.1, 0.15) is 31.6 Å². The van der Waals surface area contributed by atoms with Crippen LogP contribution in [0, 0.1) is 5.82 Å². The molecule has 4 heteroatoms. The number of hydrogen-bond donors (Lipinski definition) is 2. The lowest BCUT2D eigenvalue weighted by atomic mass is 10.1. The zero-order chi connectivity index (χ0) is 19.1. The van der Waals surface area contributed by atoms with Gasteiger partial charge in [-0.3, -0.25) is 0 Å². The van der Waals surface area contributed by atoms with Gasteiger partial charge in [-0.2, -0.15) is 0 Å². The predicted molar refractivity (Wildman–Crippen MR) is 106 cm³/mol. The van der Waals surface area contributed by atoms with Crippen LogP contribution >= 0.6 is 0 Å². The van der Waals surface area contributed by atoms with Crippen LogP contribution in [0.25, 0.3) is 0 Å². The fraction of sp³-hybridized carbons (Fsp3) is 0.304. The SMILES string of the molecule is CC[C@@H](O)C[NH+](Cc1ccccc1)Cc1cccn1Cc1ccccc1F. The molecular formula is C23H28FN2O+. The Hall–Kier alpha value is -2.43. The van der Waals surface area contributed by atoms with Crippen molar-refractivity contribution in [3.8, 4) is 0 Å². The Bertz CT molecular complexity index is 831. The van der Waals surface area contributed by atoms with Crippen LogP contribution in [0.4, 0.5) is 4.39 Å². The molecule has 2 atom stereocenters. The lowest BCUT2D eigenvalue weighted by molar-refractivity contribution is -0.930. The van der Waals surface area contributed by atoms with Gasteiger partial charge in [0.25, 0.3) is 0 Å². The summed E-state index contributed by atoms with van der Waals surface area (Å²) in [5, 5.41) is 10.2. The van der Waals surface area contributed by atoms with Crippen molar-refractivity contribution in [2.24, 2.45) is 0 Å². The van der Waals surface area contributed by atoms with Crippen molar-refractivity contribution in [1.29, 1.82) is 0 Å². The van der Waals surface area contributed by atoms with Crippen molar-refractivity contribution in [1.82, 2.24) is 4.57 Å². The molecule has 0 fully saturated rings. The first-order valence-electron chi connectivity index (χ1n) is 9.58. The molecule has 0 amide bonds. The number of hydrogen-bond acceptors (Lipinski definition) is 1. The van der Waals surface area contributed by atoms with Crippen LogP contribution in [0.2, 0.25) is 0 Å². The summed E-state index contributed by atoms with van der Waals surface area (Å²) in [4.78, 5) is 1.30. The van der Waals surface area contributed by atoms with Gasteiger partial charge in [0.2, 0.25) is 0 Å². The number of aromatic nitrogens is 1. The molecule has 0 aliphatic rings. The number of rotatable bonds is 9. The second-order valence-electron chi connectivity index (χ2n) is 7.07. The second kappa shape index (κ2) is 9.49.